The van der Waals surface area contributed by atoms with Crippen LogP contribution in [0, 0.1) is 0 Å². The molecule has 174 valence electrons. The van der Waals surface area contributed by atoms with Crippen molar-refractivity contribution in [1.29, 1.82) is 0 Å². The van der Waals surface area contributed by atoms with E-state index >= 15 is 0 Å². The first-order valence-electron chi connectivity index (χ1n) is 9.83. The molecule has 0 fully saturated rings. The minimum Gasteiger partial charge on any atom is -0.493 e. The lowest BCUT2D eigenvalue weighted by atomic mass is 10.2. The van der Waals surface area contributed by atoms with Crippen molar-refractivity contribution in [2.45, 2.75) is 11.3 Å². The molecule has 0 radical (unpaired) electrons. The van der Waals surface area contributed by atoms with Crippen molar-refractivity contribution in [3.05, 3.63) is 48.0 Å². The zero-order valence-corrected chi connectivity index (χ0v) is 19.4. The average Bonchev–Trinajstić information content (AvgIpc) is 2.78. The molecule has 1 N–H and O–H groups in total. The molecule has 32 heavy (non-hydrogen) atoms. The van der Waals surface area contributed by atoms with Crippen LogP contribution in [0.5, 0.6) is 17.2 Å². The van der Waals surface area contributed by atoms with Gasteiger partial charge in [0.2, 0.25) is 5.91 Å². The molecule has 0 spiro atoms. The maximum Gasteiger partial charge on any atom is 0.251 e. The molecule has 0 unspecified atom stereocenters. The molecule has 2 rings (SSSR count). The number of benzene rings is 2. The van der Waals surface area contributed by atoms with Crippen molar-refractivity contribution >= 4 is 21.7 Å². The molecule has 0 saturated carbocycles. The largest absolute Gasteiger partial charge is 0.493 e. The van der Waals surface area contributed by atoms with E-state index in [4.69, 9.17) is 14.2 Å². The van der Waals surface area contributed by atoms with Crippen molar-refractivity contribution in [3.8, 4) is 17.2 Å². The second kappa shape index (κ2) is 11.4. The number of amides is 2. The Morgan fingerprint density at radius 2 is 1.75 bits per heavy atom. The molecular formula is C22H28N2O7S. The van der Waals surface area contributed by atoms with Crippen molar-refractivity contribution < 1.29 is 32.2 Å². The number of rotatable bonds is 11. The lowest BCUT2D eigenvalue weighted by molar-refractivity contribution is -0.128. The second-order valence-electron chi connectivity index (χ2n) is 7.02. The van der Waals surface area contributed by atoms with E-state index in [1.54, 1.807) is 37.4 Å². The van der Waals surface area contributed by atoms with Gasteiger partial charge in [0.1, 0.15) is 5.75 Å². The predicted molar refractivity (Wildman–Crippen MR) is 119 cm³/mol. The molecular weight excluding hydrogens is 436 g/mol. The fraction of sp³-hybridized carbons (Fsp3) is 0.364. The van der Waals surface area contributed by atoms with Crippen LogP contribution >= 0.6 is 0 Å². The first kappa shape index (κ1) is 25.0. The van der Waals surface area contributed by atoms with E-state index in [9.17, 15) is 18.0 Å². The minimum absolute atomic E-state index is 0.152. The molecule has 0 aliphatic rings. The Hall–Kier alpha value is -3.27. The molecule has 0 atom stereocenters. The van der Waals surface area contributed by atoms with Crippen molar-refractivity contribution in [3.63, 3.8) is 0 Å². The first-order valence-corrected chi connectivity index (χ1v) is 11.7. The Kier molecular flexibility index (Phi) is 8.89. The van der Waals surface area contributed by atoms with E-state index in [2.05, 4.69) is 5.32 Å². The highest BCUT2D eigenvalue weighted by molar-refractivity contribution is 7.90. The van der Waals surface area contributed by atoms with E-state index in [1.165, 1.54) is 31.3 Å². The van der Waals surface area contributed by atoms with Crippen molar-refractivity contribution in [2.24, 2.45) is 0 Å². The summed E-state index contributed by atoms with van der Waals surface area (Å²) in [4.78, 5) is 26.3. The number of hydrogen-bond acceptors (Lipinski definition) is 7. The summed E-state index contributed by atoms with van der Waals surface area (Å²) < 4.78 is 39.1. The summed E-state index contributed by atoms with van der Waals surface area (Å²) in [5.74, 6) is 0.722. The highest BCUT2D eigenvalue weighted by Crippen LogP contribution is 2.27. The summed E-state index contributed by atoms with van der Waals surface area (Å²) in [6.07, 6.45) is 1.67. The van der Waals surface area contributed by atoms with Gasteiger partial charge in [-0.05, 0) is 42.8 Å². The number of carbonyl (C=O) groups is 2. The summed E-state index contributed by atoms with van der Waals surface area (Å²) in [6.45, 7) is 0.570. The number of nitrogens with zero attached hydrogens (tertiary/aromatic N) is 1. The molecule has 2 amide bonds. The van der Waals surface area contributed by atoms with Crippen LogP contribution in [0.25, 0.3) is 0 Å². The van der Waals surface area contributed by atoms with E-state index in [0.717, 1.165) is 6.26 Å². The number of methoxy groups -OCH3 is 2. The topological polar surface area (TPSA) is 111 Å². The molecule has 2 aromatic carbocycles. The van der Waals surface area contributed by atoms with Crippen LogP contribution in [0.15, 0.2) is 47.4 Å². The maximum atomic E-state index is 12.3. The Bertz CT molecular complexity index is 1050. The summed E-state index contributed by atoms with van der Waals surface area (Å²) in [6, 6.07) is 11.0. The molecule has 0 aliphatic heterocycles. The predicted octanol–water partition coefficient (Wildman–Crippen LogP) is 1.76. The Morgan fingerprint density at radius 3 is 2.41 bits per heavy atom. The fourth-order valence-electron chi connectivity index (χ4n) is 2.78. The van der Waals surface area contributed by atoms with Gasteiger partial charge >= 0.3 is 0 Å². The van der Waals surface area contributed by atoms with Gasteiger partial charge in [-0.25, -0.2) is 8.42 Å². The first-order chi connectivity index (χ1) is 15.2. The normalized spacial score (nSPS) is 10.9. The van der Waals surface area contributed by atoms with Gasteiger partial charge in [-0.1, -0.05) is 6.07 Å². The molecule has 9 nitrogen and oxygen atoms in total. The van der Waals surface area contributed by atoms with Crippen LogP contribution in [0.2, 0.25) is 0 Å². The highest BCUT2D eigenvalue weighted by Gasteiger charge is 2.14. The maximum absolute atomic E-state index is 12.3. The standard InChI is InChI=1S/C22H28N2O7S/c1-24(11-6-12-31-17-7-5-8-18(14-17)32(4,27)28)21(25)15-23-22(26)16-9-10-19(29-2)20(13-16)30-3/h5,7-10,13-14H,6,11-12,15H2,1-4H3,(H,23,26). The van der Waals surface area contributed by atoms with E-state index in [0.29, 0.717) is 42.4 Å². The molecule has 0 aliphatic carbocycles. The number of nitrogens with one attached hydrogen (secondary N) is 1. The number of hydrogen-bond donors (Lipinski definition) is 1. The van der Waals surface area contributed by atoms with Gasteiger partial charge in [-0.3, -0.25) is 9.59 Å². The highest BCUT2D eigenvalue weighted by atomic mass is 32.2. The zero-order valence-electron chi connectivity index (χ0n) is 18.6. The van der Waals surface area contributed by atoms with Crippen LogP contribution in [0.1, 0.15) is 16.8 Å². The van der Waals surface area contributed by atoms with Crippen LogP contribution in [-0.2, 0) is 14.6 Å². The molecule has 0 aromatic heterocycles. The molecule has 10 heteroatoms. The average molecular weight is 465 g/mol. The lowest BCUT2D eigenvalue weighted by Crippen LogP contribution is -2.38. The smallest absolute Gasteiger partial charge is 0.251 e. The zero-order chi connectivity index (χ0) is 23.7. The van der Waals surface area contributed by atoms with Gasteiger partial charge in [-0.15, -0.1) is 0 Å². The van der Waals surface area contributed by atoms with Gasteiger partial charge in [0.15, 0.2) is 21.3 Å². The molecule has 0 heterocycles. The monoisotopic (exact) mass is 464 g/mol. The number of likely N-dealkylation sites (N-methyl/N-ethyl adjacent to an activating group) is 1. The van der Waals surface area contributed by atoms with Gasteiger partial charge in [0.05, 0.1) is 32.3 Å². The van der Waals surface area contributed by atoms with Gasteiger partial charge in [0.25, 0.3) is 5.91 Å². The quantitative estimate of drug-likeness (QED) is 0.505. The second-order valence-corrected chi connectivity index (χ2v) is 9.03. The Balaban J connectivity index is 1.77. The summed E-state index contributed by atoms with van der Waals surface area (Å²) in [5.41, 5.74) is 0.350. The summed E-state index contributed by atoms with van der Waals surface area (Å²) in [5, 5.41) is 2.59. The van der Waals surface area contributed by atoms with Crippen molar-refractivity contribution in [1.82, 2.24) is 10.2 Å². The Labute approximate surface area is 188 Å². The molecule has 0 bridgehead atoms. The number of carbonyl (C=O) groups excluding carboxylic acids is 2. The summed E-state index contributed by atoms with van der Waals surface area (Å²) in [7, 11) is 1.31. The van der Waals surface area contributed by atoms with Gasteiger partial charge < -0.3 is 24.4 Å². The van der Waals surface area contributed by atoms with E-state index in [1.807, 2.05) is 0 Å². The number of ether oxygens (including phenoxy) is 3. The van der Waals surface area contributed by atoms with Gasteiger partial charge in [0, 0.05) is 25.4 Å². The third kappa shape index (κ3) is 7.16. The van der Waals surface area contributed by atoms with E-state index < -0.39 is 15.7 Å². The SMILES string of the molecule is COc1ccc(C(=O)NCC(=O)N(C)CCCOc2cccc(S(C)(=O)=O)c2)cc1OC. The number of sulfone groups is 1. The van der Waals surface area contributed by atoms with Gasteiger partial charge in [-0.2, -0.15) is 0 Å². The van der Waals surface area contributed by atoms with Crippen LogP contribution in [-0.4, -0.2) is 72.4 Å². The minimum atomic E-state index is -3.30. The van der Waals surface area contributed by atoms with E-state index in [-0.39, 0.29) is 17.3 Å². The summed E-state index contributed by atoms with van der Waals surface area (Å²) >= 11 is 0. The lowest BCUT2D eigenvalue weighted by Gasteiger charge is -2.18. The van der Waals surface area contributed by atoms with Crippen LogP contribution < -0.4 is 19.5 Å². The third-order valence-corrected chi connectivity index (χ3v) is 5.72. The third-order valence-electron chi connectivity index (χ3n) is 4.61. The Morgan fingerprint density at radius 1 is 1.03 bits per heavy atom. The molecule has 0 saturated heterocycles. The van der Waals surface area contributed by atoms with Crippen molar-refractivity contribution in [2.75, 3.05) is 47.2 Å². The van der Waals surface area contributed by atoms with Crippen LogP contribution in [0.3, 0.4) is 0 Å². The molecule has 2 aromatic rings. The fourth-order valence-corrected chi connectivity index (χ4v) is 3.44. The van der Waals surface area contributed by atoms with Crippen LogP contribution in [0.4, 0.5) is 0 Å².